The smallest absolute Gasteiger partial charge is 0.320 e. The average molecular weight is 478 g/mol. The molecular formula is C27H35N5O3. The van der Waals surface area contributed by atoms with Gasteiger partial charge in [0.1, 0.15) is 5.82 Å². The number of urea groups is 1. The lowest BCUT2D eigenvalue weighted by atomic mass is 9.99. The van der Waals surface area contributed by atoms with Crippen molar-refractivity contribution >= 4 is 11.8 Å². The maximum Gasteiger partial charge on any atom is 0.320 e. The van der Waals surface area contributed by atoms with Crippen LogP contribution in [0.4, 0.5) is 10.6 Å². The van der Waals surface area contributed by atoms with Crippen molar-refractivity contribution in [1.82, 2.24) is 20.4 Å². The Bertz CT molecular complexity index is 1120. The molecular weight excluding hydrogens is 442 g/mol. The topological polar surface area (TPSA) is 89.4 Å². The Hall–Kier alpha value is -3.36. The normalized spacial score (nSPS) is 14.0. The lowest BCUT2D eigenvalue weighted by Crippen LogP contribution is -2.30. The van der Waals surface area contributed by atoms with Crippen molar-refractivity contribution in [1.29, 1.82) is 0 Å². The van der Waals surface area contributed by atoms with Crippen molar-refractivity contribution in [3.05, 3.63) is 70.8 Å². The number of benzene rings is 2. The first-order chi connectivity index (χ1) is 17.0. The van der Waals surface area contributed by atoms with E-state index >= 15 is 0 Å². The maximum atomic E-state index is 12.9. The summed E-state index contributed by atoms with van der Waals surface area (Å²) in [6, 6.07) is 15.6. The molecule has 0 saturated carbocycles. The number of piperidine rings is 1. The zero-order chi connectivity index (χ0) is 24.6. The number of hydrogen-bond donors (Lipinski definition) is 3. The number of ether oxygens (including phenoxy) is 2. The molecule has 186 valence electrons. The number of para-hydroxylation sites is 1. The van der Waals surface area contributed by atoms with Crippen molar-refractivity contribution in [2.24, 2.45) is 5.92 Å². The van der Waals surface area contributed by atoms with Gasteiger partial charge in [-0.2, -0.15) is 0 Å². The average Bonchev–Trinajstić information content (AvgIpc) is 3.19. The van der Waals surface area contributed by atoms with E-state index in [0.717, 1.165) is 53.9 Å². The molecule has 0 unspecified atom stereocenters. The molecule has 2 amide bonds. The van der Waals surface area contributed by atoms with E-state index in [1.165, 1.54) is 0 Å². The molecule has 0 radical (unpaired) electrons. The van der Waals surface area contributed by atoms with Crippen LogP contribution in [0.25, 0.3) is 5.69 Å². The Morgan fingerprint density at radius 3 is 2.66 bits per heavy atom. The zero-order valence-corrected chi connectivity index (χ0v) is 20.8. The van der Waals surface area contributed by atoms with Gasteiger partial charge in [0.25, 0.3) is 0 Å². The molecule has 2 heterocycles. The van der Waals surface area contributed by atoms with Crippen LogP contribution < -0.4 is 20.7 Å². The second kappa shape index (κ2) is 11.9. The second-order valence-electron chi connectivity index (χ2n) is 9.03. The van der Waals surface area contributed by atoms with E-state index in [2.05, 4.69) is 22.0 Å². The number of rotatable bonds is 9. The van der Waals surface area contributed by atoms with Crippen LogP contribution in [0.5, 0.6) is 5.88 Å². The van der Waals surface area contributed by atoms with E-state index in [9.17, 15) is 4.79 Å². The van der Waals surface area contributed by atoms with Gasteiger partial charge in [-0.1, -0.05) is 36.4 Å². The van der Waals surface area contributed by atoms with Gasteiger partial charge in [0.05, 0.1) is 24.5 Å². The lowest BCUT2D eigenvalue weighted by molar-refractivity contribution is 0.185. The quantitative estimate of drug-likeness (QED) is 0.427. The summed E-state index contributed by atoms with van der Waals surface area (Å²) in [6.07, 6.45) is 2.19. The molecule has 2 aromatic carbocycles. The number of nitrogens with one attached hydrogen (secondary N) is 3. The second-order valence-corrected chi connectivity index (χ2v) is 9.03. The number of anilines is 1. The third kappa shape index (κ3) is 6.41. The number of amides is 2. The summed E-state index contributed by atoms with van der Waals surface area (Å²) in [4.78, 5) is 12.9. The third-order valence-corrected chi connectivity index (χ3v) is 6.39. The zero-order valence-electron chi connectivity index (χ0n) is 20.8. The number of hydrogen-bond acceptors (Lipinski definition) is 5. The van der Waals surface area contributed by atoms with Crippen molar-refractivity contribution in [2.75, 3.05) is 32.1 Å². The molecule has 8 heteroatoms. The molecule has 0 atom stereocenters. The number of aromatic nitrogens is 2. The molecule has 0 bridgehead atoms. The number of carbonyl (C=O) groups excluding carboxylic acids is 1. The summed E-state index contributed by atoms with van der Waals surface area (Å²) in [5.41, 5.74) is 4.89. The van der Waals surface area contributed by atoms with Crippen LogP contribution in [0.2, 0.25) is 0 Å². The third-order valence-electron chi connectivity index (χ3n) is 6.39. The molecule has 3 aromatic rings. The predicted octanol–water partition coefficient (Wildman–Crippen LogP) is 4.34. The number of nitrogens with zero attached hydrogens (tertiary/aromatic N) is 2. The predicted molar refractivity (Wildman–Crippen MR) is 137 cm³/mol. The molecule has 1 saturated heterocycles. The first-order valence-corrected chi connectivity index (χ1v) is 12.2. The van der Waals surface area contributed by atoms with Crippen LogP contribution in [-0.2, 0) is 17.9 Å². The number of aryl methyl sites for hydroxylation is 1. The molecule has 8 nitrogen and oxygen atoms in total. The Morgan fingerprint density at radius 1 is 1.14 bits per heavy atom. The Labute approximate surface area is 207 Å². The van der Waals surface area contributed by atoms with Gasteiger partial charge in [0.15, 0.2) is 0 Å². The summed E-state index contributed by atoms with van der Waals surface area (Å²) in [5, 5.41) is 14.1. The summed E-state index contributed by atoms with van der Waals surface area (Å²) in [5.74, 6) is 1.65. The van der Waals surface area contributed by atoms with E-state index < -0.39 is 0 Å². The van der Waals surface area contributed by atoms with Crippen molar-refractivity contribution in [3.63, 3.8) is 0 Å². The van der Waals surface area contributed by atoms with E-state index in [0.29, 0.717) is 37.4 Å². The number of carbonyl (C=O) groups is 1. The first-order valence-electron chi connectivity index (χ1n) is 12.2. The first kappa shape index (κ1) is 24.8. The molecule has 1 aromatic heterocycles. The minimum absolute atomic E-state index is 0.299. The Kier molecular flexibility index (Phi) is 8.39. The van der Waals surface area contributed by atoms with Crippen molar-refractivity contribution < 1.29 is 14.3 Å². The lowest BCUT2D eigenvalue weighted by Gasteiger charge is -2.22. The molecule has 0 spiro atoms. The van der Waals surface area contributed by atoms with Crippen LogP contribution in [0.1, 0.15) is 35.1 Å². The van der Waals surface area contributed by atoms with Gasteiger partial charge in [-0.25, -0.2) is 9.48 Å². The standard InChI is InChI=1S/C27H35N5O3/c1-19-9-10-22(17-34-3)15-23(19)16-29-27(33)30-25-20(2)26(35-18-21-11-13-28-14-12-21)31-32(25)24-7-5-4-6-8-24/h4-10,15,21,28H,11-14,16-18H2,1-3H3,(H2,29,30,33). The van der Waals surface area contributed by atoms with Gasteiger partial charge >= 0.3 is 6.03 Å². The van der Waals surface area contributed by atoms with Crippen LogP contribution in [0, 0.1) is 19.8 Å². The SMILES string of the molecule is COCc1ccc(C)c(CNC(=O)Nc2c(C)c(OCC3CCNCC3)nn2-c2ccccc2)c1. The molecule has 1 aliphatic rings. The largest absolute Gasteiger partial charge is 0.476 e. The highest BCUT2D eigenvalue weighted by Crippen LogP contribution is 2.29. The minimum atomic E-state index is -0.299. The maximum absolute atomic E-state index is 12.9. The molecule has 35 heavy (non-hydrogen) atoms. The Morgan fingerprint density at radius 2 is 1.91 bits per heavy atom. The fourth-order valence-electron chi connectivity index (χ4n) is 4.26. The van der Waals surface area contributed by atoms with Gasteiger partial charge in [-0.3, -0.25) is 5.32 Å². The summed E-state index contributed by atoms with van der Waals surface area (Å²) >= 11 is 0. The highest BCUT2D eigenvalue weighted by molar-refractivity contribution is 5.89. The van der Waals surface area contributed by atoms with E-state index in [4.69, 9.17) is 14.6 Å². The van der Waals surface area contributed by atoms with E-state index in [-0.39, 0.29) is 6.03 Å². The van der Waals surface area contributed by atoms with E-state index in [1.54, 1.807) is 11.8 Å². The molecule has 1 aliphatic heterocycles. The van der Waals surface area contributed by atoms with Crippen LogP contribution >= 0.6 is 0 Å². The Balaban J connectivity index is 1.48. The van der Waals surface area contributed by atoms with Gasteiger partial charge in [-0.05, 0) is 74.5 Å². The molecule has 4 rings (SSSR count). The van der Waals surface area contributed by atoms with Crippen molar-refractivity contribution in [2.45, 2.75) is 39.8 Å². The summed E-state index contributed by atoms with van der Waals surface area (Å²) < 4.78 is 13.1. The highest BCUT2D eigenvalue weighted by Gasteiger charge is 2.21. The van der Waals surface area contributed by atoms with Crippen LogP contribution in [-0.4, -0.2) is 42.6 Å². The van der Waals surface area contributed by atoms with Gasteiger partial charge < -0.3 is 20.1 Å². The molecule has 3 N–H and O–H groups in total. The highest BCUT2D eigenvalue weighted by atomic mass is 16.5. The molecule has 1 fully saturated rings. The van der Waals surface area contributed by atoms with Crippen LogP contribution in [0.15, 0.2) is 48.5 Å². The number of methoxy groups -OCH3 is 1. The minimum Gasteiger partial charge on any atom is -0.476 e. The van der Waals surface area contributed by atoms with Crippen LogP contribution in [0.3, 0.4) is 0 Å². The van der Waals surface area contributed by atoms with Crippen molar-refractivity contribution in [3.8, 4) is 11.6 Å². The van der Waals surface area contributed by atoms with Gasteiger partial charge in [0, 0.05) is 13.7 Å². The molecule has 0 aliphatic carbocycles. The summed E-state index contributed by atoms with van der Waals surface area (Å²) in [6.45, 7) is 7.57. The summed E-state index contributed by atoms with van der Waals surface area (Å²) in [7, 11) is 1.67. The fraction of sp³-hybridized carbons (Fsp3) is 0.407. The monoisotopic (exact) mass is 477 g/mol. The van der Waals surface area contributed by atoms with E-state index in [1.807, 2.05) is 56.3 Å². The fourth-order valence-corrected chi connectivity index (χ4v) is 4.26. The van der Waals surface area contributed by atoms with Gasteiger partial charge in [-0.15, -0.1) is 5.10 Å². The van der Waals surface area contributed by atoms with Gasteiger partial charge in [0.2, 0.25) is 5.88 Å².